The second kappa shape index (κ2) is 7.29. The number of ether oxygens (including phenoxy) is 1. The van der Waals surface area contributed by atoms with E-state index in [0.717, 1.165) is 16.7 Å². The standard InChI is InChI=1S/C21H22FN5O2/c1-21(2,29-3)20(28)27-13-12-26-19(25-27)17(14-8-10-23-11-9-14)18(24-26)15-4-6-16(22)7-5-15/h4-11,25H,12-13H2,1-3H3. The largest absolute Gasteiger partial charge is 0.369 e. The quantitative estimate of drug-likeness (QED) is 0.734. The van der Waals surface area contributed by atoms with Gasteiger partial charge in [-0.25, -0.2) is 9.07 Å². The van der Waals surface area contributed by atoms with E-state index in [1.54, 1.807) is 43.4 Å². The summed E-state index contributed by atoms with van der Waals surface area (Å²) < 4.78 is 20.6. The minimum atomic E-state index is -0.953. The van der Waals surface area contributed by atoms with Crippen LogP contribution in [0.1, 0.15) is 13.8 Å². The summed E-state index contributed by atoms with van der Waals surface area (Å²) >= 11 is 0. The van der Waals surface area contributed by atoms with Gasteiger partial charge in [-0.15, -0.1) is 0 Å². The molecule has 1 N–H and O–H groups in total. The van der Waals surface area contributed by atoms with Gasteiger partial charge in [0.15, 0.2) is 5.82 Å². The molecule has 8 heteroatoms. The molecule has 150 valence electrons. The van der Waals surface area contributed by atoms with Crippen molar-refractivity contribution in [1.29, 1.82) is 0 Å². The number of aromatic nitrogens is 3. The number of rotatable bonds is 4. The van der Waals surface area contributed by atoms with Crippen molar-refractivity contribution in [2.24, 2.45) is 0 Å². The van der Waals surface area contributed by atoms with Crippen molar-refractivity contribution in [2.45, 2.75) is 26.0 Å². The Labute approximate surface area is 168 Å². The zero-order chi connectivity index (χ0) is 20.6. The first-order valence-corrected chi connectivity index (χ1v) is 9.31. The third-order valence-corrected chi connectivity index (χ3v) is 5.09. The number of fused-ring (bicyclic) bond motifs is 1. The molecule has 3 aromatic rings. The van der Waals surface area contributed by atoms with E-state index < -0.39 is 5.60 Å². The van der Waals surface area contributed by atoms with Crippen LogP contribution >= 0.6 is 0 Å². The van der Waals surface area contributed by atoms with Crippen molar-refractivity contribution < 1.29 is 13.9 Å². The van der Waals surface area contributed by atoms with E-state index >= 15 is 0 Å². The number of carbonyl (C=O) groups is 1. The number of pyridine rings is 1. The zero-order valence-corrected chi connectivity index (χ0v) is 16.5. The molecule has 1 aliphatic rings. The number of halogens is 1. The van der Waals surface area contributed by atoms with Gasteiger partial charge in [0.25, 0.3) is 5.91 Å². The average Bonchev–Trinajstić information content (AvgIpc) is 3.13. The van der Waals surface area contributed by atoms with E-state index in [4.69, 9.17) is 9.84 Å². The summed E-state index contributed by atoms with van der Waals surface area (Å²) in [5, 5.41) is 6.30. The molecule has 1 aromatic carbocycles. The van der Waals surface area contributed by atoms with Crippen LogP contribution < -0.4 is 5.43 Å². The lowest BCUT2D eigenvalue weighted by atomic mass is 10.0. The molecule has 4 rings (SSSR count). The van der Waals surface area contributed by atoms with Crippen molar-refractivity contribution in [3.05, 3.63) is 54.6 Å². The number of benzene rings is 1. The molecule has 0 fully saturated rings. The van der Waals surface area contributed by atoms with Crippen LogP contribution in [0.25, 0.3) is 22.4 Å². The molecule has 1 amide bonds. The minimum absolute atomic E-state index is 0.170. The first-order valence-electron chi connectivity index (χ1n) is 9.31. The Bertz CT molecular complexity index is 1030. The number of hydrazine groups is 1. The van der Waals surface area contributed by atoms with Crippen LogP contribution in [0.4, 0.5) is 10.2 Å². The fourth-order valence-electron chi connectivity index (χ4n) is 3.28. The molecule has 1 aliphatic heterocycles. The van der Waals surface area contributed by atoms with Gasteiger partial charge in [-0.05, 0) is 55.8 Å². The Morgan fingerprint density at radius 1 is 1.10 bits per heavy atom. The van der Waals surface area contributed by atoms with Gasteiger partial charge in [0.2, 0.25) is 0 Å². The molecular weight excluding hydrogens is 373 g/mol. The second-order valence-corrected chi connectivity index (χ2v) is 7.32. The number of hydrogen-bond acceptors (Lipinski definition) is 5. The van der Waals surface area contributed by atoms with E-state index in [1.165, 1.54) is 19.2 Å². The number of nitrogens with zero attached hydrogens (tertiary/aromatic N) is 4. The number of carbonyl (C=O) groups excluding carboxylic acids is 1. The second-order valence-electron chi connectivity index (χ2n) is 7.32. The third kappa shape index (κ3) is 3.47. The summed E-state index contributed by atoms with van der Waals surface area (Å²) in [7, 11) is 1.52. The molecule has 0 unspecified atom stereocenters. The third-order valence-electron chi connectivity index (χ3n) is 5.09. The number of hydrogen-bond donors (Lipinski definition) is 1. The van der Waals surface area contributed by atoms with E-state index in [0.29, 0.717) is 24.6 Å². The summed E-state index contributed by atoms with van der Waals surface area (Å²) in [4.78, 5) is 17.0. The lowest BCUT2D eigenvalue weighted by molar-refractivity contribution is -0.150. The maximum absolute atomic E-state index is 13.4. The minimum Gasteiger partial charge on any atom is -0.369 e. The maximum Gasteiger partial charge on any atom is 0.272 e. The van der Waals surface area contributed by atoms with Gasteiger partial charge >= 0.3 is 0 Å². The molecule has 0 aliphatic carbocycles. The summed E-state index contributed by atoms with van der Waals surface area (Å²) in [6.45, 7) is 4.43. The highest BCUT2D eigenvalue weighted by Gasteiger charge is 2.35. The van der Waals surface area contributed by atoms with E-state index in [9.17, 15) is 9.18 Å². The van der Waals surface area contributed by atoms with Gasteiger partial charge in [-0.3, -0.25) is 20.2 Å². The highest BCUT2D eigenvalue weighted by Crippen LogP contribution is 2.39. The molecular formula is C21H22FN5O2. The van der Waals surface area contributed by atoms with Crippen molar-refractivity contribution >= 4 is 11.7 Å². The summed E-state index contributed by atoms with van der Waals surface area (Å²) in [6, 6.07) is 9.98. The number of nitrogens with one attached hydrogen (secondary N) is 1. The fourth-order valence-corrected chi connectivity index (χ4v) is 3.28. The van der Waals surface area contributed by atoms with Gasteiger partial charge in [0.05, 0.1) is 18.7 Å². The van der Waals surface area contributed by atoms with E-state index in [1.807, 2.05) is 16.8 Å². The topological polar surface area (TPSA) is 72.3 Å². The van der Waals surface area contributed by atoms with Crippen LogP contribution in [0.5, 0.6) is 0 Å². The first kappa shape index (κ1) is 19.1. The molecule has 7 nitrogen and oxygen atoms in total. The van der Waals surface area contributed by atoms with Crippen molar-refractivity contribution in [3.8, 4) is 22.4 Å². The Morgan fingerprint density at radius 3 is 2.45 bits per heavy atom. The summed E-state index contributed by atoms with van der Waals surface area (Å²) in [6.07, 6.45) is 3.40. The van der Waals surface area contributed by atoms with Gasteiger partial charge in [0, 0.05) is 25.1 Å². The molecule has 3 heterocycles. The van der Waals surface area contributed by atoms with Crippen molar-refractivity contribution in [3.63, 3.8) is 0 Å². The zero-order valence-electron chi connectivity index (χ0n) is 16.5. The van der Waals surface area contributed by atoms with Crippen molar-refractivity contribution in [1.82, 2.24) is 19.8 Å². The van der Waals surface area contributed by atoms with Crippen LogP contribution in [0.15, 0.2) is 48.8 Å². The molecule has 0 saturated heterocycles. The smallest absolute Gasteiger partial charge is 0.272 e. The summed E-state index contributed by atoms with van der Waals surface area (Å²) in [5.74, 6) is 0.221. The lowest BCUT2D eigenvalue weighted by Crippen LogP contribution is -2.52. The number of methoxy groups -OCH3 is 1. The van der Waals surface area contributed by atoms with Crippen LogP contribution in [0, 0.1) is 5.82 Å². The first-order chi connectivity index (χ1) is 13.9. The number of amides is 1. The Morgan fingerprint density at radius 2 is 1.79 bits per heavy atom. The van der Waals surface area contributed by atoms with Crippen LogP contribution in [-0.2, 0) is 16.1 Å². The predicted molar refractivity (Wildman–Crippen MR) is 107 cm³/mol. The highest BCUT2D eigenvalue weighted by molar-refractivity contribution is 5.91. The molecule has 2 aromatic heterocycles. The Balaban J connectivity index is 1.81. The molecule has 0 radical (unpaired) electrons. The SMILES string of the molecule is COC(C)(C)C(=O)N1CCn2nc(-c3ccc(F)cc3)c(-c3ccncc3)c2N1. The maximum atomic E-state index is 13.4. The van der Waals surface area contributed by atoms with Crippen LogP contribution in [-0.4, -0.2) is 44.9 Å². The Hall–Kier alpha value is -3.26. The lowest BCUT2D eigenvalue weighted by Gasteiger charge is -2.34. The Kier molecular flexibility index (Phi) is 4.79. The molecule has 0 atom stereocenters. The van der Waals surface area contributed by atoms with Gasteiger partial charge in [-0.2, -0.15) is 5.10 Å². The fraction of sp³-hybridized carbons (Fsp3) is 0.286. The normalized spacial score (nSPS) is 13.7. The van der Waals surface area contributed by atoms with Crippen LogP contribution in [0.3, 0.4) is 0 Å². The molecule has 29 heavy (non-hydrogen) atoms. The predicted octanol–water partition coefficient (Wildman–Crippen LogP) is 3.35. The number of anilines is 1. The van der Waals surface area contributed by atoms with E-state index in [2.05, 4.69) is 10.4 Å². The molecule has 0 saturated carbocycles. The highest BCUT2D eigenvalue weighted by atomic mass is 19.1. The average molecular weight is 395 g/mol. The van der Waals surface area contributed by atoms with Crippen LogP contribution in [0.2, 0.25) is 0 Å². The van der Waals surface area contributed by atoms with Gasteiger partial charge in [0.1, 0.15) is 17.1 Å². The molecule has 0 spiro atoms. The monoisotopic (exact) mass is 395 g/mol. The van der Waals surface area contributed by atoms with Gasteiger partial charge in [-0.1, -0.05) is 0 Å². The summed E-state index contributed by atoms with van der Waals surface area (Å²) in [5.41, 5.74) is 5.48. The van der Waals surface area contributed by atoms with Crippen molar-refractivity contribution in [2.75, 3.05) is 19.1 Å². The van der Waals surface area contributed by atoms with E-state index in [-0.39, 0.29) is 11.7 Å². The van der Waals surface area contributed by atoms with Gasteiger partial charge < -0.3 is 4.74 Å². The molecule has 0 bridgehead atoms.